The zero-order valence-corrected chi connectivity index (χ0v) is 11.3. The Morgan fingerprint density at radius 2 is 1.40 bits per heavy atom. The van der Waals surface area contributed by atoms with Crippen LogP contribution >= 0.6 is 0 Å². The molecule has 0 rings (SSSR count). The second-order valence-electron chi connectivity index (χ2n) is 4.31. The van der Waals surface area contributed by atoms with Crippen molar-refractivity contribution < 1.29 is 9.90 Å². The van der Waals surface area contributed by atoms with E-state index in [1.54, 1.807) is 0 Å². The molecule has 15 heavy (non-hydrogen) atoms. The zero-order chi connectivity index (χ0) is 11.9. The number of hydrogen-bond acceptors (Lipinski definition) is 1. The standard InChI is InChI=1S/C12H24O2Si/c1-5-8-15(9-6-2,10-7-3)11(4)12(13)14/h4-10H2,1-3H3,(H,13,14). The van der Waals surface area contributed by atoms with Gasteiger partial charge in [-0.3, -0.25) is 0 Å². The minimum atomic E-state index is -1.76. The summed E-state index contributed by atoms with van der Waals surface area (Å²) in [4.78, 5) is 11.1. The molecule has 0 aromatic carbocycles. The molecule has 0 aliphatic rings. The van der Waals surface area contributed by atoms with Gasteiger partial charge in [-0.05, 0) is 0 Å². The molecule has 3 heteroatoms. The minimum absolute atomic E-state index is 0.549. The van der Waals surface area contributed by atoms with Gasteiger partial charge in [-0.15, -0.1) is 0 Å². The van der Waals surface area contributed by atoms with Gasteiger partial charge < -0.3 is 5.11 Å². The van der Waals surface area contributed by atoms with E-state index >= 15 is 0 Å². The van der Waals surface area contributed by atoms with Crippen LogP contribution in [0.4, 0.5) is 0 Å². The molecule has 0 aliphatic carbocycles. The lowest BCUT2D eigenvalue weighted by Crippen LogP contribution is -2.39. The molecule has 0 atom stereocenters. The Morgan fingerprint density at radius 3 is 1.60 bits per heavy atom. The summed E-state index contributed by atoms with van der Waals surface area (Å²) >= 11 is 0. The van der Waals surface area contributed by atoms with E-state index in [1.165, 1.54) is 0 Å². The molecule has 0 unspecified atom stereocenters. The van der Waals surface area contributed by atoms with Crippen LogP contribution in [0.5, 0.6) is 0 Å². The Balaban J connectivity index is 4.90. The number of carboxylic acids is 1. The van der Waals surface area contributed by atoms with Gasteiger partial charge in [-0.25, -0.2) is 4.79 Å². The Hall–Kier alpha value is -0.573. The highest BCUT2D eigenvalue weighted by Crippen LogP contribution is 2.32. The van der Waals surface area contributed by atoms with E-state index in [0.29, 0.717) is 5.20 Å². The Bertz CT molecular complexity index is 207. The van der Waals surface area contributed by atoms with Crippen LogP contribution in [0.1, 0.15) is 40.0 Å². The summed E-state index contributed by atoms with van der Waals surface area (Å²) < 4.78 is 0. The monoisotopic (exact) mass is 228 g/mol. The molecule has 2 nitrogen and oxygen atoms in total. The average Bonchev–Trinajstić information content (AvgIpc) is 2.17. The van der Waals surface area contributed by atoms with Crippen LogP contribution in [0, 0.1) is 0 Å². The lowest BCUT2D eigenvalue weighted by Gasteiger charge is -2.31. The topological polar surface area (TPSA) is 37.3 Å². The molecule has 0 amide bonds. The molecular weight excluding hydrogens is 204 g/mol. The molecule has 0 spiro atoms. The third kappa shape index (κ3) is 3.82. The van der Waals surface area contributed by atoms with Crippen molar-refractivity contribution >= 4 is 14.0 Å². The maximum absolute atomic E-state index is 11.1. The smallest absolute Gasteiger partial charge is 0.326 e. The largest absolute Gasteiger partial charge is 0.478 e. The van der Waals surface area contributed by atoms with Crippen LogP contribution < -0.4 is 0 Å². The van der Waals surface area contributed by atoms with E-state index in [9.17, 15) is 4.79 Å². The van der Waals surface area contributed by atoms with Crippen molar-refractivity contribution in [1.29, 1.82) is 0 Å². The maximum Gasteiger partial charge on any atom is 0.326 e. The summed E-state index contributed by atoms with van der Waals surface area (Å²) in [6, 6.07) is 3.25. The summed E-state index contributed by atoms with van der Waals surface area (Å²) in [6.07, 6.45) is 3.25. The minimum Gasteiger partial charge on any atom is -0.478 e. The number of carboxylic acid groups (broad SMARTS) is 1. The van der Waals surface area contributed by atoms with Crippen molar-refractivity contribution in [1.82, 2.24) is 0 Å². The molecular formula is C12H24O2Si. The van der Waals surface area contributed by atoms with Crippen molar-refractivity contribution in [2.75, 3.05) is 0 Å². The maximum atomic E-state index is 11.1. The molecule has 0 bridgehead atoms. The lowest BCUT2D eigenvalue weighted by molar-refractivity contribution is -0.132. The molecule has 0 fully saturated rings. The first kappa shape index (κ1) is 14.4. The van der Waals surface area contributed by atoms with Crippen molar-refractivity contribution in [3.63, 3.8) is 0 Å². The van der Waals surface area contributed by atoms with Gasteiger partial charge in [0.1, 0.15) is 0 Å². The fraction of sp³-hybridized carbons (Fsp3) is 0.750. The normalized spacial score (nSPS) is 11.4. The van der Waals surface area contributed by atoms with Crippen molar-refractivity contribution in [3.8, 4) is 0 Å². The van der Waals surface area contributed by atoms with Crippen LogP contribution in [0.15, 0.2) is 11.8 Å². The zero-order valence-electron chi connectivity index (χ0n) is 10.3. The van der Waals surface area contributed by atoms with Crippen LogP contribution in [0.25, 0.3) is 0 Å². The fourth-order valence-electron chi connectivity index (χ4n) is 2.49. The van der Waals surface area contributed by atoms with E-state index in [-0.39, 0.29) is 0 Å². The molecule has 1 N–H and O–H groups in total. The molecule has 0 aliphatic heterocycles. The van der Waals surface area contributed by atoms with Crippen LogP contribution in [-0.2, 0) is 4.79 Å². The van der Waals surface area contributed by atoms with Crippen LogP contribution in [-0.4, -0.2) is 19.1 Å². The van der Waals surface area contributed by atoms with Gasteiger partial charge in [0, 0.05) is 5.20 Å². The van der Waals surface area contributed by atoms with E-state index < -0.39 is 14.0 Å². The van der Waals surface area contributed by atoms with Crippen molar-refractivity contribution in [3.05, 3.63) is 11.8 Å². The Morgan fingerprint density at radius 1 is 1.07 bits per heavy atom. The Kier molecular flexibility index (Phi) is 6.57. The Labute approximate surface area is 94.4 Å². The first-order valence-electron chi connectivity index (χ1n) is 5.96. The van der Waals surface area contributed by atoms with E-state index in [1.807, 2.05) is 0 Å². The first-order valence-corrected chi connectivity index (χ1v) is 8.58. The van der Waals surface area contributed by atoms with E-state index in [0.717, 1.165) is 37.4 Å². The number of aliphatic carboxylic acids is 1. The third-order valence-corrected chi connectivity index (χ3v) is 8.95. The second kappa shape index (κ2) is 6.83. The quantitative estimate of drug-likeness (QED) is 0.506. The van der Waals surface area contributed by atoms with Gasteiger partial charge in [-0.2, -0.15) is 0 Å². The third-order valence-electron chi connectivity index (χ3n) is 3.08. The predicted molar refractivity (Wildman–Crippen MR) is 67.8 cm³/mol. The van der Waals surface area contributed by atoms with Crippen molar-refractivity contribution in [2.45, 2.75) is 58.2 Å². The summed E-state index contributed by atoms with van der Waals surface area (Å²) in [5.41, 5.74) is 0. The summed E-state index contributed by atoms with van der Waals surface area (Å²) in [5.74, 6) is -0.767. The molecule has 0 radical (unpaired) electrons. The second-order valence-corrected chi connectivity index (χ2v) is 8.98. The summed E-state index contributed by atoms with van der Waals surface area (Å²) in [5, 5.41) is 9.68. The van der Waals surface area contributed by atoms with Gasteiger partial charge in [0.15, 0.2) is 0 Å². The van der Waals surface area contributed by atoms with Gasteiger partial charge in [0.05, 0.1) is 8.07 Å². The number of rotatable bonds is 8. The molecule has 0 heterocycles. The number of hydrogen-bond donors (Lipinski definition) is 1. The van der Waals surface area contributed by atoms with Gasteiger partial charge >= 0.3 is 5.97 Å². The van der Waals surface area contributed by atoms with E-state index in [2.05, 4.69) is 27.4 Å². The fourth-order valence-corrected chi connectivity index (χ4v) is 7.47. The summed E-state index contributed by atoms with van der Waals surface area (Å²) in [7, 11) is -1.76. The van der Waals surface area contributed by atoms with Gasteiger partial charge in [-0.1, -0.05) is 64.7 Å². The molecule has 0 aromatic heterocycles. The number of carbonyl (C=O) groups is 1. The first-order chi connectivity index (χ1) is 7.04. The molecule has 0 saturated heterocycles. The highest BCUT2D eigenvalue weighted by Gasteiger charge is 2.36. The SMILES string of the molecule is C=C(C(=O)O)[Si](CCC)(CCC)CCC. The highest BCUT2D eigenvalue weighted by molar-refractivity contribution is 6.90. The van der Waals surface area contributed by atoms with E-state index in [4.69, 9.17) is 5.11 Å². The lowest BCUT2D eigenvalue weighted by atomic mass is 10.5. The predicted octanol–water partition coefficient (Wildman–Crippen LogP) is 3.85. The van der Waals surface area contributed by atoms with Crippen LogP contribution in [0.2, 0.25) is 18.1 Å². The molecule has 88 valence electrons. The van der Waals surface area contributed by atoms with Crippen LogP contribution in [0.3, 0.4) is 0 Å². The highest BCUT2D eigenvalue weighted by atomic mass is 28.3. The van der Waals surface area contributed by atoms with Gasteiger partial charge in [0.25, 0.3) is 0 Å². The summed E-state index contributed by atoms with van der Waals surface area (Å²) in [6.45, 7) is 10.3. The van der Waals surface area contributed by atoms with Gasteiger partial charge in [0.2, 0.25) is 0 Å². The van der Waals surface area contributed by atoms with Crippen molar-refractivity contribution in [2.24, 2.45) is 0 Å². The molecule has 0 saturated carbocycles. The molecule has 0 aromatic rings. The average molecular weight is 228 g/mol.